The standard InChI is InChI=1S/C14H11N3O3/c18-13-6-5-12(15-17(13)9-14(19)20)16-8-7-10-3-1-2-4-11(10)16/h1-8H,9H2,(H,19,20). The van der Waals surface area contributed by atoms with Crippen LogP contribution in [0.15, 0.2) is 53.5 Å². The lowest BCUT2D eigenvalue weighted by molar-refractivity contribution is -0.138. The van der Waals surface area contributed by atoms with Crippen LogP contribution >= 0.6 is 0 Å². The normalized spacial score (nSPS) is 10.8. The van der Waals surface area contributed by atoms with E-state index in [4.69, 9.17) is 5.11 Å². The lowest BCUT2D eigenvalue weighted by atomic mass is 10.2. The molecule has 0 aliphatic rings. The first kappa shape index (κ1) is 12.2. The fraction of sp³-hybridized carbons (Fsp3) is 0.0714. The number of para-hydroxylation sites is 1. The first-order valence-corrected chi connectivity index (χ1v) is 6.01. The predicted molar refractivity (Wildman–Crippen MR) is 73.0 cm³/mol. The van der Waals surface area contributed by atoms with E-state index in [1.807, 2.05) is 41.1 Å². The van der Waals surface area contributed by atoms with Crippen molar-refractivity contribution in [2.75, 3.05) is 0 Å². The molecule has 3 aromatic rings. The number of hydrogen-bond donors (Lipinski definition) is 1. The van der Waals surface area contributed by atoms with E-state index >= 15 is 0 Å². The van der Waals surface area contributed by atoms with Crippen LogP contribution < -0.4 is 5.56 Å². The Morgan fingerprint density at radius 3 is 2.75 bits per heavy atom. The van der Waals surface area contributed by atoms with Crippen LogP contribution in [0.25, 0.3) is 16.7 Å². The molecule has 1 aromatic carbocycles. The van der Waals surface area contributed by atoms with E-state index in [9.17, 15) is 9.59 Å². The molecule has 0 unspecified atom stereocenters. The van der Waals surface area contributed by atoms with Crippen LogP contribution in [0.3, 0.4) is 0 Å². The highest BCUT2D eigenvalue weighted by atomic mass is 16.4. The molecule has 0 radical (unpaired) electrons. The van der Waals surface area contributed by atoms with Gasteiger partial charge < -0.3 is 5.11 Å². The highest BCUT2D eigenvalue weighted by Crippen LogP contribution is 2.18. The van der Waals surface area contributed by atoms with E-state index in [-0.39, 0.29) is 0 Å². The molecule has 6 heteroatoms. The Kier molecular flexibility index (Phi) is 2.83. The summed E-state index contributed by atoms with van der Waals surface area (Å²) in [6.45, 7) is -0.453. The molecule has 2 heterocycles. The van der Waals surface area contributed by atoms with Gasteiger partial charge in [0.05, 0.1) is 5.52 Å². The average molecular weight is 269 g/mol. The molecule has 1 N–H and O–H groups in total. The number of carbonyl (C=O) groups is 1. The molecule has 0 spiro atoms. The number of fused-ring (bicyclic) bond motifs is 1. The maximum absolute atomic E-state index is 11.6. The molecule has 2 aromatic heterocycles. The van der Waals surface area contributed by atoms with Gasteiger partial charge in [-0.1, -0.05) is 18.2 Å². The maximum atomic E-state index is 11.6. The summed E-state index contributed by atoms with van der Waals surface area (Å²) < 4.78 is 2.75. The summed E-state index contributed by atoms with van der Waals surface area (Å²) in [5, 5.41) is 13.9. The highest BCUT2D eigenvalue weighted by molar-refractivity contribution is 5.81. The summed E-state index contributed by atoms with van der Waals surface area (Å²) in [4.78, 5) is 22.3. The summed E-state index contributed by atoms with van der Waals surface area (Å²) in [5.41, 5.74) is 0.508. The third-order valence-electron chi connectivity index (χ3n) is 2.98. The number of nitrogens with zero attached hydrogens (tertiary/aromatic N) is 3. The van der Waals surface area contributed by atoms with Gasteiger partial charge in [0.2, 0.25) is 0 Å². The second-order valence-corrected chi connectivity index (χ2v) is 4.33. The number of aliphatic carboxylic acids is 1. The topological polar surface area (TPSA) is 77.1 Å². The Labute approximate surface area is 113 Å². The molecular weight excluding hydrogens is 258 g/mol. The lowest BCUT2D eigenvalue weighted by Gasteiger charge is -2.07. The van der Waals surface area contributed by atoms with Gasteiger partial charge in [0.1, 0.15) is 6.54 Å². The average Bonchev–Trinajstić information content (AvgIpc) is 2.85. The van der Waals surface area contributed by atoms with Crippen molar-refractivity contribution in [2.24, 2.45) is 0 Å². The molecule has 6 nitrogen and oxygen atoms in total. The van der Waals surface area contributed by atoms with Crippen LogP contribution in [-0.4, -0.2) is 25.4 Å². The van der Waals surface area contributed by atoms with Gasteiger partial charge in [-0.05, 0) is 23.6 Å². The van der Waals surface area contributed by atoms with Crippen molar-refractivity contribution in [1.29, 1.82) is 0 Å². The van der Waals surface area contributed by atoms with Crippen molar-refractivity contribution < 1.29 is 9.90 Å². The zero-order valence-electron chi connectivity index (χ0n) is 10.4. The Morgan fingerprint density at radius 2 is 1.95 bits per heavy atom. The SMILES string of the molecule is O=C(O)Cn1nc(-n2ccc3ccccc32)ccc1=O. The quantitative estimate of drug-likeness (QED) is 0.776. The zero-order chi connectivity index (χ0) is 14.1. The van der Waals surface area contributed by atoms with Gasteiger partial charge in [0.15, 0.2) is 5.82 Å². The number of carboxylic acid groups (broad SMARTS) is 1. The van der Waals surface area contributed by atoms with E-state index in [0.717, 1.165) is 15.6 Å². The van der Waals surface area contributed by atoms with Crippen molar-refractivity contribution in [3.63, 3.8) is 0 Å². The lowest BCUT2D eigenvalue weighted by Crippen LogP contribution is -2.26. The number of aromatic nitrogens is 3. The van der Waals surface area contributed by atoms with E-state index in [2.05, 4.69) is 5.10 Å². The zero-order valence-corrected chi connectivity index (χ0v) is 10.4. The molecule has 0 bridgehead atoms. The summed E-state index contributed by atoms with van der Waals surface area (Å²) >= 11 is 0. The minimum atomic E-state index is -1.10. The predicted octanol–water partition coefficient (Wildman–Crippen LogP) is 1.27. The molecule has 0 saturated heterocycles. The van der Waals surface area contributed by atoms with Gasteiger partial charge in [0, 0.05) is 12.3 Å². The molecule has 3 rings (SSSR count). The summed E-state index contributed by atoms with van der Waals surface area (Å²) in [6, 6.07) is 12.6. The minimum absolute atomic E-state index is 0.437. The van der Waals surface area contributed by atoms with Crippen LogP contribution in [0.4, 0.5) is 0 Å². The molecule has 0 fully saturated rings. The Bertz CT molecular complexity index is 848. The van der Waals surface area contributed by atoms with Crippen molar-refractivity contribution in [3.8, 4) is 5.82 Å². The van der Waals surface area contributed by atoms with Gasteiger partial charge in [-0.3, -0.25) is 14.2 Å². The second-order valence-electron chi connectivity index (χ2n) is 4.33. The van der Waals surface area contributed by atoms with Crippen LogP contribution in [0.5, 0.6) is 0 Å². The smallest absolute Gasteiger partial charge is 0.325 e. The van der Waals surface area contributed by atoms with Crippen LogP contribution in [0.2, 0.25) is 0 Å². The molecule has 0 aliphatic heterocycles. The summed E-state index contributed by atoms with van der Waals surface area (Å²) in [7, 11) is 0. The molecule has 0 atom stereocenters. The summed E-state index contributed by atoms with van der Waals surface area (Å²) in [5.74, 6) is -0.596. The third-order valence-corrected chi connectivity index (χ3v) is 2.98. The van der Waals surface area contributed by atoms with Crippen molar-refractivity contribution in [1.82, 2.24) is 14.3 Å². The summed E-state index contributed by atoms with van der Waals surface area (Å²) in [6.07, 6.45) is 1.84. The van der Waals surface area contributed by atoms with Crippen molar-refractivity contribution in [3.05, 3.63) is 59.0 Å². The van der Waals surface area contributed by atoms with Crippen molar-refractivity contribution >= 4 is 16.9 Å². The molecular formula is C14H11N3O3. The first-order valence-electron chi connectivity index (χ1n) is 6.01. The van der Waals surface area contributed by atoms with E-state index in [0.29, 0.717) is 5.82 Å². The van der Waals surface area contributed by atoms with Crippen molar-refractivity contribution in [2.45, 2.75) is 6.54 Å². The Balaban J connectivity index is 2.15. The molecule has 20 heavy (non-hydrogen) atoms. The molecule has 0 amide bonds. The van der Waals surface area contributed by atoms with Gasteiger partial charge in [-0.15, -0.1) is 0 Å². The monoisotopic (exact) mass is 269 g/mol. The number of hydrogen-bond acceptors (Lipinski definition) is 3. The highest BCUT2D eigenvalue weighted by Gasteiger charge is 2.08. The van der Waals surface area contributed by atoms with Crippen LogP contribution in [-0.2, 0) is 11.3 Å². The number of benzene rings is 1. The van der Waals surface area contributed by atoms with Gasteiger partial charge >= 0.3 is 5.97 Å². The molecule has 0 saturated carbocycles. The third kappa shape index (κ3) is 2.07. The largest absolute Gasteiger partial charge is 0.480 e. The van der Waals surface area contributed by atoms with Gasteiger partial charge in [0.25, 0.3) is 5.56 Å². The Morgan fingerprint density at radius 1 is 1.15 bits per heavy atom. The fourth-order valence-electron chi connectivity index (χ4n) is 2.09. The first-order chi connectivity index (χ1) is 9.65. The molecule has 0 aliphatic carbocycles. The Hall–Kier alpha value is -2.89. The van der Waals surface area contributed by atoms with Gasteiger partial charge in [-0.25, -0.2) is 4.68 Å². The number of carboxylic acids is 1. The van der Waals surface area contributed by atoms with E-state index in [1.54, 1.807) is 6.07 Å². The van der Waals surface area contributed by atoms with E-state index in [1.165, 1.54) is 6.07 Å². The van der Waals surface area contributed by atoms with E-state index < -0.39 is 18.1 Å². The van der Waals surface area contributed by atoms with Crippen LogP contribution in [0, 0.1) is 0 Å². The molecule has 100 valence electrons. The van der Waals surface area contributed by atoms with Gasteiger partial charge in [-0.2, -0.15) is 5.10 Å². The maximum Gasteiger partial charge on any atom is 0.325 e. The second kappa shape index (κ2) is 4.65. The fourth-order valence-corrected chi connectivity index (χ4v) is 2.09. The van der Waals surface area contributed by atoms with Crippen LogP contribution in [0.1, 0.15) is 0 Å². The minimum Gasteiger partial charge on any atom is -0.480 e. The number of rotatable bonds is 3.